The Labute approximate surface area is 165 Å². The van der Waals surface area contributed by atoms with Crippen LogP contribution in [0.1, 0.15) is 27.7 Å². The summed E-state index contributed by atoms with van der Waals surface area (Å²) < 4.78 is 6.50. The number of aromatic nitrogens is 3. The largest absolute Gasteiger partial charge is 0.439 e. The normalized spacial score (nSPS) is 16.3. The van der Waals surface area contributed by atoms with Gasteiger partial charge in [0.2, 0.25) is 0 Å². The standard InChI is InChI=1S/C17H21BrClN5O2/c1-16(2,3)23(5)15(25)26-17(4)8-24(9-17)14-12(19)21-11-6-10(18)7-20-13(11)22-14/h6-7H,8-9H2,1-5H3. The molecule has 140 valence electrons. The fraction of sp³-hybridized carbons (Fsp3) is 0.529. The number of hydrogen-bond acceptors (Lipinski definition) is 6. The quantitative estimate of drug-likeness (QED) is 0.703. The molecular formula is C17H21BrClN5O2. The summed E-state index contributed by atoms with van der Waals surface area (Å²) in [6.07, 6.45) is 1.32. The Morgan fingerprint density at radius 3 is 2.65 bits per heavy atom. The summed E-state index contributed by atoms with van der Waals surface area (Å²) in [4.78, 5) is 29.0. The van der Waals surface area contributed by atoms with E-state index in [1.165, 1.54) is 0 Å². The first-order valence-electron chi connectivity index (χ1n) is 8.19. The van der Waals surface area contributed by atoms with E-state index in [2.05, 4.69) is 30.9 Å². The fourth-order valence-electron chi connectivity index (χ4n) is 2.62. The average molecular weight is 443 g/mol. The van der Waals surface area contributed by atoms with Crippen LogP contribution in [0.3, 0.4) is 0 Å². The first-order chi connectivity index (χ1) is 12.0. The number of amides is 1. The summed E-state index contributed by atoms with van der Waals surface area (Å²) in [5.74, 6) is 0.548. The lowest BCUT2D eigenvalue weighted by Gasteiger charge is -2.48. The zero-order chi connectivity index (χ0) is 19.3. The molecule has 0 radical (unpaired) electrons. The van der Waals surface area contributed by atoms with Crippen LogP contribution in [0.25, 0.3) is 11.2 Å². The van der Waals surface area contributed by atoms with Crippen molar-refractivity contribution < 1.29 is 9.53 Å². The van der Waals surface area contributed by atoms with Crippen molar-refractivity contribution in [2.75, 3.05) is 25.0 Å². The molecule has 0 aromatic carbocycles. The second-order valence-corrected chi connectivity index (χ2v) is 9.01. The van der Waals surface area contributed by atoms with E-state index in [0.717, 1.165) is 4.47 Å². The number of ether oxygens (including phenoxy) is 1. The van der Waals surface area contributed by atoms with E-state index >= 15 is 0 Å². The molecule has 0 bridgehead atoms. The highest BCUT2D eigenvalue weighted by Gasteiger charge is 2.45. The Morgan fingerprint density at radius 2 is 2.04 bits per heavy atom. The summed E-state index contributed by atoms with van der Waals surface area (Å²) in [6, 6.07) is 1.81. The zero-order valence-electron chi connectivity index (χ0n) is 15.4. The van der Waals surface area contributed by atoms with Crippen LogP contribution < -0.4 is 4.90 Å². The van der Waals surface area contributed by atoms with Crippen LogP contribution in [0.15, 0.2) is 16.7 Å². The van der Waals surface area contributed by atoms with Gasteiger partial charge in [0.25, 0.3) is 0 Å². The highest BCUT2D eigenvalue weighted by Crippen LogP contribution is 2.34. The van der Waals surface area contributed by atoms with Crippen LogP contribution in [0.2, 0.25) is 5.15 Å². The zero-order valence-corrected chi connectivity index (χ0v) is 17.7. The molecule has 1 saturated heterocycles. The summed E-state index contributed by atoms with van der Waals surface area (Å²) in [5, 5.41) is 0.303. The minimum absolute atomic E-state index is 0.302. The summed E-state index contributed by atoms with van der Waals surface area (Å²) in [6.45, 7) is 8.76. The number of anilines is 1. The highest BCUT2D eigenvalue weighted by atomic mass is 79.9. The van der Waals surface area contributed by atoms with Gasteiger partial charge in [0.15, 0.2) is 16.6 Å². The van der Waals surface area contributed by atoms with E-state index in [-0.39, 0.29) is 11.6 Å². The molecule has 0 N–H and O–H groups in total. The molecule has 1 amide bonds. The van der Waals surface area contributed by atoms with Gasteiger partial charge in [-0.05, 0) is 49.7 Å². The maximum absolute atomic E-state index is 12.3. The minimum Gasteiger partial charge on any atom is -0.439 e. The van der Waals surface area contributed by atoms with Crippen molar-refractivity contribution in [1.82, 2.24) is 19.9 Å². The van der Waals surface area contributed by atoms with Crippen molar-refractivity contribution in [1.29, 1.82) is 0 Å². The number of carbonyl (C=O) groups is 1. The molecule has 2 aromatic heterocycles. The van der Waals surface area contributed by atoms with Gasteiger partial charge < -0.3 is 14.5 Å². The Kier molecular flexibility index (Phi) is 4.77. The first kappa shape index (κ1) is 19.1. The molecule has 3 heterocycles. The molecule has 0 atom stereocenters. The Bertz CT molecular complexity index is 864. The molecule has 26 heavy (non-hydrogen) atoms. The number of pyridine rings is 1. The van der Waals surface area contributed by atoms with Gasteiger partial charge >= 0.3 is 6.09 Å². The average Bonchev–Trinajstić information content (AvgIpc) is 2.50. The second-order valence-electron chi connectivity index (χ2n) is 7.74. The van der Waals surface area contributed by atoms with Gasteiger partial charge in [-0.15, -0.1) is 0 Å². The number of hydrogen-bond donors (Lipinski definition) is 0. The summed E-state index contributed by atoms with van der Waals surface area (Å²) in [5.41, 5.74) is 0.244. The highest BCUT2D eigenvalue weighted by molar-refractivity contribution is 9.10. The molecule has 0 spiro atoms. The van der Waals surface area contributed by atoms with Crippen LogP contribution >= 0.6 is 27.5 Å². The third-order valence-electron chi connectivity index (χ3n) is 4.39. The van der Waals surface area contributed by atoms with Crippen LogP contribution in [-0.4, -0.2) is 57.2 Å². The summed E-state index contributed by atoms with van der Waals surface area (Å²) in [7, 11) is 1.73. The lowest BCUT2D eigenvalue weighted by Crippen LogP contribution is -2.64. The maximum atomic E-state index is 12.3. The molecule has 3 rings (SSSR count). The summed E-state index contributed by atoms with van der Waals surface area (Å²) >= 11 is 9.65. The van der Waals surface area contributed by atoms with Crippen LogP contribution in [-0.2, 0) is 4.74 Å². The van der Waals surface area contributed by atoms with Gasteiger partial charge in [0, 0.05) is 23.3 Å². The number of nitrogens with zero attached hydrogens (tertiary/aromatic N) is 5. The van der Waals surface area contributed by atoms with Gasteiger partial charge in [-0.2, -0.15) is 0 Å². The van der Waals surface area contributed by atoms with E-state index in [0.29, 0.717) is 35.2 Å². The van der Waals surface area contributed by atoms with Crippen molar-refractivity contribution in [2.45, 2.75) is 38.8 Å². The molecule has 0 aliphatic carbocycles. The van der Waals surface area contributed by atoms with E-state index in [9.17, 15) is 4.79 Å². The monoisotopic (exact) mass is 441 g/mol. The number of carbonyl (C=O) groups excluding carboxylic acids is 1. The number of rotatable bonds is 2. The molecule has 0 saturated carbocycles. The van der Waals surface area contributed by atoms with Crippen molar-refractivity contribution in [3.8, 4) is 0 Å². The van der Waals surface area contributed by atoms with E-state index in [1.54, 1.807) is 18.1 Å². The maximum Gasteiger partial charge on any atom is 0.410 e. The molecule has 9 heteroatoms. The third-order valence-corrected chi connectivity index (χ3v) is 5.08. The van der Waals surface area contributed by atoms with Crippen LogP contribution in [0, 0.1) is 0 Å². The van der Waals surface area contributed by atoms with Crippen molar-refractivity contribution >= 4 is 50.6 Å². The van der Waals surface area contributed by atoms with Gasteiger partial charge in [-0.1, -0.05) is 11.6 Å². The van der Waals surface area contributed by atoms with Crippen molar-refractivity contribution in [2.24, 2.45) is 0 Å². The van der Waals surface area contributed by atoms with Crippen molar-refractivity contribution in [3.63, 3.8) is 0 Å². The molecule has 7 nitrogen and oxygen atoms in total. The SMILES string of the molecule is CN(C(=O)OC1(C)CN(c2nc3ncc(Br)cc3nc2Cl)C1)C(C)(C)C. The lowest BCUT2D eigenvalue weighted by atomic mass is 9.96. The third kappa shape index (κ3) is 3.71. The predicted molar refractivity (Wildman–Crippen MR) is 105 cm³/mol. The Hall–Kier alpha value is -1.67. The lowest BCUT2D eigenvalue weighted by molar-refractivity contribution is -0.0232. The molecule has 1 aliphatic heterocycles. The number of fused-ring (bicyclic) bond motifs is 1. The molecular weight excluding hydrogens is 422 g/mol. The van der Waals surface area contributed by atoms with E-state index in [1.807, 2.05) is 38.7 Å². The molecule has 1 fully saturated rings. The predicted octanol–water partition coefficient (Wildman–Crippen LogP) is 3.89. The minimum atomic E-state index is -0.594. The van der Waals surface area contributed by atoms with E-state index in [4.69, 9.17) is 16.3 Å². The molecule has 0 unspecified atom stereocenters. The fourth-order valence-corrected chi connectivity index (χ4v) is 3.19. The molecule has 2 aromatic rings. The Balaban J connectivity index is 1.73. The Morgan fingerprint density at radius 1 is 1.38 bits per heavy atom. The van der Waals surface area contributed by atoms with Crippen molar-refractivity contribution in [3.05, 3.63) is 21.9 Å². The van der Waals surface area contributed by atoms with Crippen LogP contribution in [0.4, 0.5) is 10.6 Å². The van der Waals surface area contributed by atoms with E-state index < -0.39 is 5.60 Å². The smallest absolute Gasteiger partial charge is 0.410 e. The van der Waals surface area contributed by atoms with Crippen LogP contribution in [0.5, 0.6) is 0 Å². The van der Waals surface area contributed by atoms with Gasteiger partial charge in [0.1, 0.15) is 11.1 Å². The van der Waals surface area contributed by atoms with Gasteiger partial charge in [-0.25, -0.2) is 19.7 Å². The number of halogens is 2. The second kappa shape index (κ2) is 6.49. The topological polar surface area (TPSA) is 71.5 Å². The first-order valence-corrected chi connectivity index (χ1v) is 9.36. The molecule has 1 aliphatic rings. The van der Waals surface area contributed by atoms with Gasteiger partial charge in [0.05, 0.1) is 13.1 Å². The van der Waals surface area contributed by atoms with Gasteiger partial charge in [-0.3, -0.25) is 0 Å².